The van der Waals surface area contributed by atoms with Crippen molar-refractivity contribution in [2.75, 3.05) is 19.7 Å². The first-order valence-electron chi connectivity index (χ1n) is 12.2. The molecule has 1 aromatic carbocycles. The highest BCUT2D eigenvalue weighted by Crippen LogP contribution is 2.37. The highest BCUT2D eigenvalue weighted by molar-refractivity contribution is 6.35. The summed E-state index contributed by atoms with van der Waals surface area (Å²) in [6, 6.07) is 7.76. The van der Waals surface area contributed by atoms with Crippen molar-refractivity contribution in [1.82, 2.24) is 9.80 Å². The minimum Gasteiger partial charge on any atom is -0.493 e. The number of nitrogens with zero attached hydrogens (tertiary/aromatic N) is 2. The van der Waals surface area contributed by atoms with Crippen LogP contribution >= 0.6 is 0 Å². The molecule has 2 fully saturated rings. The van der Waals surface area contributed by atoms with Gasteiger partial charge in [0.15, 0.2) is 0 Å². The molecular weight excluding hydrogens is 388 g/mol. The third kappa shape index (κ3) is 4.81. The predicted molar refractivity (Wildman–Crippen MR) is 122 cm³/mol. The van der Waals surface area contributed by atoms with Crippen molar-refractivity contribution in [1.29, 1.82) is 0 Å². The smallest absolute Gasteiger partial charge is 0.278 e. The molecule has 5 nitrogen and oxygen atoms in total. The van der Waals surface area contributed by atoms with Crippen LogP contribution in [-0.2, 0) is 9.59 Å². The van der Waals surface area contributed by atoms with Gasteiger partial charge in [-0.1, -0.05) is 51.7 Å². The number of imide groups is 1. The quantitative estimate of drug-likeness (QED) is 0.476. The molecule has 0 radical (unpaired) electrons. The second kappa shape index (κ2) is 9.88. The number of rotatable bonds is 6. The number of hydrogen-bond donors (Lipinski definition) is 0. The van der Waals surface area contributed by atoms with Crippen LogP contribution in [0.25, 0.3) is 5.57 Å². The Hall–Kier alpha value is -2.30. The molecule has 3 aliphatic rings. The lowest BCUT2D eigenvalue weighted by atomic mass is 10.0. The Bertz CT molecular complexity index is 814. The van der Waals surface area contributed by atoms with Gasteiger partial charge < -0.3 is 9.64 Å². The standard InChI is InChI=1S/C26H36N2O3/c1-19(2)18-31-22-14-12-20(13-15-22)23-24(27-16-8-5-9-17-27)26(30)28(25(23)29)21-10-6-3-4-7-11-21/h12-15,19,21H,3-11,16-18H2,1-2H3. The number of ether oxygens (including phenoxy) is 1. The zero-order chi connectivity index (χ0) is 21.8. The number of benzene rings is 1. The maximum atomic E-state index is 13.7. The summed E-state index contributed by atoms with van der Waals surface area (Å²) in [6.45, 7) is 6.61. The van der Waals surface area contributed by atoms with Gasteiger partial charge in [0.2, 0.25) is 0 Å². The van der Waals surface area contributed by atoms with Gasteiger partial charge in [-0.3, -0.25) is 14.5 Å². The monoisotopic (exact) mass is 424 g/mol. The molecule has 0 spiro atoms. The van der Waals surface area contributed by atoms with E-state index < -0.39 is 0 Å². The topological polar surface area (TPSA) is 49.9 Å². The third-order valence-electron chi connectivity index (χ3n) is 6.68. The molecule has 1 saturated heterocycles. The van der Waals surface area contributed by atoms with Crippen molar-refractivity contribution in [3.8, 4) is 5.75 Å². The summed E-state index contributed by atoms with van der Waals surface area (Å²) in [6.07, 6.45) is 9.78. The van der Waals surface area contributed by atoms with Crippen LogP contribution in [0.2, 0.25) is 0 Å². The molecule has 31 heavy (non-hydrogen) atoms. The van der Waals surface area contributed by atoms with Crippen LogP contribution in [0.15, 0.2) is 30.0 Å². The van der Waals surface area contributed by atoms with Gasteiger partial charge in [-0.25, -0.2) is 0 Å². The van der Waals surface area contributed by atoms with Crippen molar-refractivity contribution in [3.05, 3.63) is 35.5 Å². The van der Waals surface area contributed by atoms with Gasteiger partial charge in [-0.15, -0.1) is 0 Å². The van der Waals surface area contributed by atoms with E-state index in [1.54, 1.807) is 4.90 Å². The van der Waals surface area contributed by atoms with E-state index in [4.69, 9.17) is 4.74 Å². The van der Waals surface area contributed by atoms with E-state index in [1.165, 1.54) is 19.3 Å². The molecule has 2 aliphatic heterocycles. The number of amides is 2. The van der Waals surface area contributed by atoms with E-state index in [1.807, 2.05) is 24.3 Å². The van der Waals surface area contributed by atoms with E-state index in [0.717, 1.165) is 62.9 Å². The Morgan fingerprint density at radius 2 is 1.48 bits per heavy atom. The summed E-state index contributed by atoms with van der Waals surface area (Å²) in [5.74, 6) is 1.08. The molecule has 1 saturated carbocycles. The predicted octanol–water partition coefficient (Wildman–Crippen LogP) is 5.01. The zero-order valence-electron chi connectivity index (χ0n) is 19.1. The minimum absolute atomic E-state index is 0.0356. The minimum atomic E-state index is -0.103. The molecular formula is C26H36N2O3. The maximum absolute atomic E-state index is 13.7. The van der Waals surface area contributed by atoms with Gasteiger partial charge in [-0.2, -0.15) is 0 Å². The van der Waals surface area contributed by atoms with Crippen LogP contribution in [0.4, 0.5) is 0 Å². The van der Waals surface area contributed by atoms with Crippen LogP contribution in [0.5, 0.6) is 5.75 Å². The lowest BCUT2D eigenvalue weighted by molar-refractivity contribution is -0.140. The first-order valence-corrected chi connectivity index (χ1v) is 12.2. The van der Waals surface area contributed by atoms with Gasteiger partial charge >= 0.3 is 0 Å². The first-order chi connectivity index (χ1) is 15.1. The Morgan fingerprint density at radius 1 is 0.871 bits per heavy atom. The molecule has 0 aromatic heterocycles. The number of carbonyl (C=O) groups is 2. The molecule has 1 aromatic rings. The van der Waals surface area contributed by atoms with E-state index in [-0.39, 0.29) is 17.9 Å². The first kappa shape index (κ1) is 21.9. The fourth-order valence-electron chi connectivity index (χ4n) is 5.03. The molecule has 1 aliphatic carbocycles. The number of piperidine rings is 1. The highest BCUT2D eigenvalue weighted by Gasteiger charge is 2.44. The normalized spacial score (nSPS) is 21.3. The molecule has 0 N–H and O–H groups in total. The number of hydrogen-bond acceptors (Lipinski definition) is 4. The van der Waals surface area contributed by atoms with Crippen molar-refractivity contribution in [2.24, 2.45) is 5.92 Å². The summed E-state index contributed by atoms with van der Waals surface area (Å²) < 4.78 is 5.82. The third-order valence-corrected chi connectivity index (χ3v) is 6.68. The van der Waals surface area contributed by atoms with Gasteiger partial charge in [0.1, 0.15) is 11.4 Å². The van der Waals surface area contributed by atoms with Gasteiger partial charge in [-0.05, 0) is 55.7 Å². The SMILES string of the molecule is CC(C)COc1ccc(C2=C(N3CCCCC3)C(=O)N(C3CCCCCC3)C2=O)cc1. The van der Waals surface area contributed by atoms with E-state index >= 15 is 0 Å². The van der Waals surface area contributed by atoms with Crippen molar-refractivity contribution < 1.29 is 14.3 Å². The molecule has 168 valence electrons. The largest absolute Gasteiger partial charge is 0.493 e. The maximum Gasteiger partial charge on any atom is 0.278 e. The summed E-state index contributed by atoms with van der Waals surface area (Å²) in [7, 11) is 0. The molecule has 0 bridgehead atoms. The van der Waals surface area contributed by atoms with Crippen LogP contribution in [0.3, 0.4) is 0 Å². The van der Waals surface area contributed by atoms with Gasteiger partial charge in [0.25, 0.3) is 11.8 Å². The molecule has 0 unspecified atom stereocenters. The average molecular weight is 425 g/mol. The summed E-state index contributed by atoms with van der Waals surface area (Å²) >= 11 is 0. The summed E-state index contributed by atoms with van der Waals surface area (Å²) in [5.41, 5.74) is 2.04. The summed E-state index contributed by atoms with van der Waals surface area (Å²) in [5, 5.41) is 0. The fourth-order valence-corrected chi connectivity index (χ4v) is 5.03. The molecule has 2 heterocycles. The Labute approximate surface area is 186 Å². The number of likely N-dealkylation sites (tertiary alicyclic amines) is 1. The summed E-state index contributed by atoms with van der Waals surface area (Å²) in [4.78, 5) is 31.1. The molecule has 4 rings (SSSR count). The number of carbonyl (C=O) groups excluding carboxylic acids is 2. The van der Waals surface area contributed by atoms with E-state index in [2.05, 4.69) is 18.7 Å². The average Bonchev–Trinajstić information content (AvgIpc) is 2.94. The molecule has 5 heteroatoms. The highest BCUT2D eigenvalue weighted by atomic mass is 16.5. The molecule has 0 atom stereocenters. The van der Waals surface area contributed by atoms with Crippen LogP contribution in [0.1, 0.15) is 77.2 Å². The molecule has 2 amide bonds. The zero-order valence-corrected chi connectivity index (χ0v) is 19.1. The fraction of sp³-hybridized carbons (Fsp3) is 0.615. The van der Waals surface area contributed by atoms with Crippen LogP contribution < -0.4 is 4.74 Å². The van der Waals surface area contributed by atoms with Crippen molar-refractivity contribution in [2.45, 2.75) is 77.7 Å². The van der Waals surface area contributed by atoms with E-state index in [9.17, 15) is 9.59 Å². The van der Waals surface area contributed by atoms with Crippen molar-refractivity contribution in [3.63, 3.8) is 0 Å². The lowest BCUT2D eigenvalue weighted by Crippen LogP contribution is -2.43. The van der Waals surface area contributed by atoms with E-state index in [0.29, 0.717) is 23.8 Å². The Kier molecular flexibility index (Phi) is 6.99. The second-order valence-electron chi connectivity index (χ2n) is 9.63. The van der Waals surface area contributed by atoms with Crippen LogP contribution in [-0.4, -0.2) is 47.4 Å². The van der Waals surface area contributed by atoms with Crippen molar-refractivity contribution >= 4 is 17.4 Å². The Balaban J connectivity index is 1.65. The second-order valence-corrected chi connectivity index (χ2v) is 9.63. The van der Waals surface area contributed by atoms with Crippen LogP contribution in [0, 0.1) is 5.92 Å². The Morgan fingerprint density at radius 3 is 2.10 bits per heavy atom. The van der Waals surface area contributed by atoms with Gasteiger partial charge in [0.05, 0.1) is 12.2 Å². The lowest BCUT2D eigenvalue weighted by Gasteiger charge is -2.31. The van der Waals surface area contributed by atoms with Gasteiger partial charge in [0, 0.05) is 19.1 Å².